The van der Waals surface area contributed by atoms with Crippen LogP contribution in [0, 0.1) is 0 Å². The fourth-order valence-electron chi connectivity index (χ4n) is 2.97. The predicted molar refractivity (Wildman–Crippen MR) is 87.2 cm³/mol. The van der Waals surface area contributed by atoms with Gasteiger partial charge in [-0.05, 0) is 42.9 Å². The number of rotatable bonds is 4. The summed E-state index contributed by atoms with van der Waals surface area (Å²) in [6.07, 6.45) is 8.02. The van der Waals surface area contributed by atoms with Gasteiger partial charge in [0.15, 0.2) is 0 Å². The van der Waals surface area contributed by atoms with Crippen molar-refractivity contribution in [2.24, 2.45) is 7.05 Å². The third-order valence-electron chi connectivity index (χ3n) is 4.11. The monoisotopic (exact) mass is 295 g/mol. The summed E-state index contributed by atoms with van der Waals surface area (Å²) in [7, 11) is 1.99. The molecule has 2 aromatic rings. The summed E-state index contributed by atoms with van der Waals surface area (Å²) in [5.41, 5.74) is 4.70. The van der Waals surface area contributed by atoms with Gasteiger partial charge in [-0.1, -0.05) is 30.3 Å². The standard InChI is InChI=1S/C18H21N3O/c1-21-17-10-6-5-9-15(17)16(20-21)13-19-18(22)12-11-14-7-3-2-4-8-14/h2-4,7-8,11-12H,5-6,9-10,13H2,1H3,(H,19,22). The van der Waals surface area contributed by atoms with Crippen molar-refractivity contribution in [3.8, 4) is 0 Å². The lowest BCUT2D eigenvalue weighted by atomic mass is 9.96. The number of aryl methyl sites for hydroxylation is 1. The second-order valence-electron chi connectivity index (χ2n) is 5.66. The average Bonchev–Trinajstić information content (AvgIpc) is 2.89. The van der Waals surface area contributed by atoms with Crippen LogP contribution in [-0.4, -0.2) is 15.7 Å². The SMILES string of the molecule is Cn1nc(CNC(=O)C=Cc2ccccc2)c2c1CCCC2. The Balaban J connectivity index is 1.61. The van der Waals surface area contributed by atoms with Crippen molar-refractivity contribution < 1.29 is 4.79 Å². The molecule has 1 aliphatic rings. The van der Waals surface area contributed by atoms with E-state index in [1.54, 1.807) is 6.08 Å². The van der Waals surface area contributed by atoms with Crippen LogP contribution < -0.4 is 5.32 Å². The molecule has 1 heterocycles. The number of hydrogen-bond donors (Lipinski definition) is 1. The van der Waals surface area contributed by atoms with Crippen LogP contribution >= 0.6 is 0 Å². The van der Waals surface area contributed by atoms with E-state index in [2.05, 4.69) is 10.4 Å². The fourth-order valence-corrected chi connectivity index (χ4v) is 2.97. The topological polar surface area (TPSA) is 46.9 Å². The van der Waals surface area contributed by atoms with E-state index in [1.165, 1.54) is 24.1 Å². The van der Waals surface area contributed by atoms with Gasteiger partial charge in [-0.2, -0.15) is 5.10 Å². The number of aromatic nitrogens is 2. The Hall–Kier alpha value is -2.36. The Morgan fingerprint density at radius 2 is 2.05 bits per heavy atom. The first kappa shape index (κ1) is 14.6. The normalized spacial score (nSPS) is 14.0. The van der Waals surface area contributed by atoms with Crippen molar-refractivity contribution in [2.45, 2.75) is 32.2 Å². The molecule has 0 saturated carbocycles. The molecule has 0 spiro atoms. The van der Waals surface area contributed by atoms with Gasteiger partial charge in [-0.15, -0.1) is 0 Å². The lowest BCUT2D eigenvalue weighted by Gasteiger charge is -2.12. The molecule has 114 valence electrons. The Morgan fingerprint density at radius 1 is 1.27 bits per heavy atom. The molecule has 1 aromatic heterocycles. The van der Waals surface area contributed by atoms with Crippen LogP contribution in [0.5, 0.6) is 0 Å². The van der Waals surface area contributed by atoms with Gasteiger partial charge in [0, 0.05) is 18.8 Å². The van der Waals surface area contributed by atoms with Gasteiger partial charge in [0.25, 0.3) is 0 Å². The third-order valence-corrected chi connectivity index (χ3v) is 4.11. The van der Waals surface area contributed by atoms with Crippen molar-refractivity contribution in [3.05, 3.63) is 58.9 Å². The molecule has 0 saturated heterocycles. The van der Waals surface area contributed by atoms with E-state index in [1.807, 2.05) is 48.1 Å². The van der Waals surface area contributed by atoms with E-state index >= 15 is 0 Å². The molecule has 22 heavy (non-hydrogen) atoms. The summed E-state index contributed by atoms with van der Waals surface area (Å²) >= 11 is 0. The first-order chi connectivity index (χ1) is 10.7. The summed E-state index contributed by atoms with van der Waals surface area (Å²) in [5, 5.41) is 7.49. The smallest absolute Gasteiger partial charge is 0.244 e. The molecule has 0 fully saturated rings. The van der Waals surface area contributed by atoms with E-state index < -0.39 is 0 Å². The van der Waals surface area contributed by atoms with Gasteiger partial charge in [0.2, 0.25) is 5.91 Å². The average molecular weight is 295 g/mol. The Bertz CT molecular complexity index is 686. The third kappa shape index (κ3) is 3.27. The molecule has 3 rings (SSSR count). The van der Waals surface area contributed by atoms with Gasteiger partial charge >= 0.3 is 0 Å². The second kappa shape index (κ2) is 6.60. The molecule has 1 N–H and O–H groups in total. The highest BCUT2D eigenvalue weighted by Gasteiger charge is 2.18. The highest BCUT2D eigenvalue weighted by molar-refractivity contribution is 5.91. The first-order valence-electron chi connectivity index (χ1n) is 7.78. The molecular weight excluding hydrogens is 274 g/mol. The maximum Gasteiger partial charge on any atom is 0.244 e. The van der Waals surface area contributed by atoms with Crippen LogP contribution in [0.25, 0.3) is 6.08 Å². The van der Waals surface area contributed by atoms with Crippen molar-refractivity contribution >= 4 is 12.0 Å². The van der Waals surface area contributed by atoms with Crippen molar-refractivity contribution in [1.82, 2.24) is 15.1 Å². The van der Waals surface area contributed by atoms with Crippen LogP contribution in [0.1, 0.15) is 35.4 Å². The van der Waals surface area contributed by atoms with Gasteiger partial charge in [0.05, 0.1) is 12.2 Å². The van der Waals surface area contributed by atoms with Crippen LogP contribution in [-0.2, 0) is 31.2 Å². The number of carbonyl (C=O) groups excluding carboxylic acids is 1. The van der Waals surface area contributed by atoms with E-state index in [0.29, 0.717) is 6.54 Å². The van der Waals surface area contributed by atoms with Gasteiger partial charge < -0.3 is 5.32 Å². The first-order valence-corrected chi connectivity index (χ1v) is 7.78. The van der Waals surface area contributed by atoms with Gasteiger partial charge in [-0.3, -0.25) is 9.48 Å². The van der Waals surface area contributed by atoms with Crippen molar-refractivity contribution in [1.29, 1.82) is 0 Å². The molecule has 1 aromatic carbocycles. The lowest BCUT2D eigenvalue weighted by Crippen LogP contribution is -2.21. The zero-order valence-electron chi connectivity index (χ0n) is 12.9. The molecule has 0 atom stereocenters. The van der Waals surface area contributed by atoms with Crippen LogP contribution in [0.15, 0.2) is 36.4 Å². The fraction of sp³-hybridized carbons (Fsp3) is 0.333. The van der Waals surface area contributed by atoms with Crippen LogP contribution in [0.4, 0.5) is 0 Å². The Kier molecular flexibility index (Phi) is 4.37. The number of nitrogens with zero attached hydrogens (tertiary/aromatic N) is 2. The minimum Gasteiger partial charge on any atom is -0.347 e. The summed E-state index contributed by atoms with van der Waals surface area (Å²) in [4.78, 5) is 11.9. The van der Waals surface area contributed by atoms with Crippen LogP contribution in [0.2, 0.25) is 0 Å². The molecule has 4 heteroatoms. The molecule has 4 nitrogen and oxygen atoms in total. The Labute approximate surface area is 130 Å². The van der Waals surface area contributed by atoms with Crippen LogP contribution in [0.3, 0.4) is 0 Å². The molecule has 1 aliphatic carbocycles. The van der Waals surface area contributed by atoms with Crippen molar-refractivity contribution in [2.75, 3.05) is 0 Å². The molecule has 0 bridgehead atoms. The van der Waals surface area contributed by atoms with Gasteiger partial charge in [-0.25, -0.2) is 0 Å². The highest BCUT2D eigenvalue weighted by atomic mass is 16.1. The number of hydrogen-bond acceptors (Lipinski definition) is 2. The number of carbonyl (C=O) groups is 1. The maximum absolute atomic E-state index is 11.9. The molecule has 0 aliphatic heterocycles. The summed E-state index contributed by atoms with van der Waals surface area (Å²) in [6.45, 7) is 0.501. The predicted octanol–water partition coefficient (Wildman–Crippen LogP) is 2.63. The van der Waals surface area contributed by atoms with E-state index in [9.17, 15) is 4.79 Å². The summed E-state index contributed by atoms with van der Waals surface area (Å²) in [5.74, 6) is -0.0842. The van der Waals surface area contributed by atoms with Gasteiger partial charge in [0.1, 0.15) is 0 Å². The lowest BCUT2D eigenvalue weighted by molar-refractivity contribution is -0.116. The van der Waals surface area contributed by atoms with E-state index in [4.69, 9.17) is 0 Å². The highest BCUT2D eigenvalue weighted by Crippen LogP contribution is 2.23. The summed E-state index contributed by atoms with van der Waals surface area (Å²) < 4.78 is 1.97. The molecule has 1 amide bonds. The molecule has 0 unspecified atom stereocenters. The molecule has 0 radical (unpaired) electrons. The quantitative estimate of drug-likeness (QED) is 0.881. The largest absolute Gasteiger partial charge is 0.347 e. The number of benzene rings is 1. The number of nitrogens with one attached hydrogen (secondary N) is 1. The number of amides is 1. The van der Waals surface area contributed by atoms with E-state index in [-0.39, 0.29) is 5.91 Å². The second-order valence-corrected chi connectivity index (χ2v) is 5.66. The zero-order valence-corrected chi connectivity index (χ0v) is 12.9. The van der Waals surface area contributed by atoms with Crippen molar-refractivity contribution in [3.63, 3.8) is 0 Å². The Morgan fingerprint density at radius 3 is 2.86 bits per heavy atom. The number of fused-ring (bicyclic) bond motifs is 1. The minimum atomic E-state index is -0.0842. The molecular formula is C18H21N3O. The zero-order chi connectivity index (χ0) is 15.4. The van der Waals surface area contributed by atoms with E-state index in [0.717, 1.165) is 24.1 Å². The summed E-state index contributed by atoms with van der Waals surface area (Å²) in [6, 6.07) is 9.81. The maximum atomic E-state index is 11.9. The minimum absolute atomic E-state index is 0.0842.